The van der Waals surface area contributed by atoms with Crippen LogP contribution in [-0.2, 0) is 9.44 Å². The van der Waals surface area contributed by atoms with Crippen molar-refractivity contribution < 1.29 is 13.9 Å². The topological polar surface area (TPSA) is 44.1 Å². The monoisotopic (exact) mass is 278 g/mol. The lowest BCUT2D eigenvalue weighted by molar-refractivity contribution is 0.0516. The molecule has 0 saturated carbocycles. The van der Waals surface area contributed by atoms with E-state index in [-0.39, 0.29) is 12.3 Å². The fourth-order valence-electron chi connectivity index (χ4n) is 1.06. The number of aryl methyl sites for hydroxylation is 1. The Morgan fingerprint density at radius 3 is 2.80 bits per heavy atom. The van der Waals surface area contributed by atoms with Crippen LogP contribution in [0.2, 0.25) is 0 Å². The zero-order chi connectivity index (χ0) is 11.6. The zero-order valence-electron chi connectivity index (χ0n) is 8.75. The van der Waals surface area contributed by atoms with Gasteiger partial charge in [0.15, 0.2) is 5.69 Å². The predicted molar refractivity (Wildman–Crippen MR) is 56.6 cm³/mol. The van der Waals surface area contributed by atoms with Crippen molar-refractivity contribution in [2.45, 2.75) is 25.5 Å². The lowest BCUT2D eigenvalue weighted by atomic mass is 10.3. The summed E-state index contributed by atoms with van der Waals surface area (Å²) in [5.41, 5.74) is 0.719. The standard InChI is InChI=1S/C9H12BrFN2O2/c1-4-15-8(14)7-6(2)5-13(12-7)9(3,10)11/h5H,4H2,1-3H3. The molecule has 0 N–H and O–H groups in total. The summed E-state index contributed by atoms with van der Waals surface area (Å²) in [6, 6.07) is 0. The lowest BCUT2D eigenvalue weighted by Gasteiger charge is -2.11. The van der Waals surface area contributed by atoms with Crippen LogP contribution >= 0.6 is 15.9 Å². The molecule has 15 heavy (non-hydrogen) atoms. The second kappa shape index (κ2) is 4.30. The maximum absolute atomic E-state index is 13.4. The molecule has 6 heteroatoms. The Hall–Kier alpha value is -0.910. The van der Waals surface area contributed by atoms with Gasteiger partial charge in [-0.15, -0.1) is 0 Å². The van der Waals surface area contributed by atoms with Crippen molar-refractivity contribution in [2.24, 2.45) is 0 Å². The Kier molecular flexibility index (Phi) is 3.49. The largest absolute Gasteiger partial charge is 0.461 e. The van der Waals surface area contributed by atoms with Crippen LogP contribution < -0.4 is 0 Å². The van der Waals surface area contributed by atoms with E-state index in [2.05, 4.69) is 21.0 Å². The Morgan fingerprint density at radius 2 is 2.40 bits per heavy atom. The number of hydrogen-bond acceptors (Lipinski definition) is 3. The zero-order valence-corrected chi connectivity index (χ0v) is 10.3. The Labute approximate surface area is 95.5 Å². The number of nitrogens with zero attached hydrogens (tertiary/aromatic N) is 2. The molecule has 0 aliphatic heterocycles. The van der Waals surface area contributed by atoms with E-state index in [0.717, 1.165) is 4.68 Å². The van der Waals surface area contributed by atoms with E-state index in [1.54, 1.807) is 13.8 Å². The van der Waals surface area contributed by atoms with Gasteiger partial charge in [-0.2, -0.15) is 5.10 Å². The van der Waals surface area contributed by atoms with Crippen molar-refractivity contribution in [3.05, 3.63) is 17.5 Å². The summed E-state index contributed by atoms with van der Waals surface area (Å²) >= 11 is 2.80. The summed E-state index contributed by atoms with van der Waals surface area (Å²) in [4.78, 5) is 11.4. The molecule has 0 aromatic carbocycles. The van der Waals surface area contributed by atoms with Gasteiger partial charge in [0.25, 0.3) is 4.70 Å². The molecule has 1 heterocycles. The molecular weight excluding hydrogens is 267 g/mol. The normalized spacial score (nSPS) is 14.7. The minimum absolute atomic E-state index is 0.139. The third kappa shape index (κ3) is 2.77. The third-order valence-electron chi connectivity index (χ3n) is 1.77. The number of ether oxygens (including phenoxy) is 1. The molecule has 1 unspecified atom stereocenters. The van der Waals surface area contributed by atoms with Gasteiger partial charge >= 0.3 is 5.97 Å². The molecule has 0 aliphatic carbocycles. The first-order valence-electron chi connectivity index (χ1n) is 4.48. The van der Waals surface area contributed by atoms with Gasteiger partial charge in [-0.25, -0.2) is 13.9 Å². The van der Waals surface area contributed by atoms with Gasteiger partial charge in [0.05, 0.1) is 6.61 Å². The highest BCUT2D eigenvalue weighted by atomic mass is 79.9. The van der Waals surface area contributed by atoms with Gasteiger partial charge < -0.3 is 4.74 Å². The molecule has 0 saturated heterocycles. The lowest BCUT2D eigenvalue weighted by Crippen LogP contribution is -2.18. The van der Waals surface area contributed by atoms with Crippen LogP contribution in [0.3, 0.4) is 0 Å². The average molecular weight is 279 g/mol. The SMILES string of the molecule is CCOC(=O)c1nn(C(C)(F)Br)cc1C. The van der Waals surface area contributed by atoms with Gasteiger partial charge in [0, 0.05) is 18.7 Å². The van der Waals surface area contributed by atoms with Gasteiger partial charge in [-0.05, 0) is 29.8 Å². The fourth-order valence-corrected chi connectivity index (χ4v) is 1.24. The first kappa shape index (κ1) is 12.2. The average Bonchev–Trinajstić information content (AvgIpc) is 2.47. The number of rotatable bonds is 3. The summed E-state index contributed by atoms with van der Waals surface area (Å²) in [6.45, 7) is 4.93. The van der Waals surface area contributed by atoms with Crippen molar-refractivity contribution >= 4 is 21.9 Å². The van der Waals surface area contributed by atoms with E-state index < -0.39 is 10.7 Å². The van der Waals surface area contributed by atoms with Crippen LogP contribution in [0.25, 0.3) is 0 Å². The smallest absolute Gasteiger partial charge is 0.359 e. The Morgan fingerprint density at radius 1 is 1.80 bits per heavy atom. The number of carbonyl (C=O) groups is 1. The molecule has 0 amide bonds. The molecule has 0 bridgehead atoms. The summed E-state index contributed by atoms with van der Waals surface area (Å²) < 4.78 is 17.4. The number of hydrogen-bond donors (Lipinski definition) is 0. The molecule has 1 atom stereocenters. The summed E-state index contributed by atoms with van der Waals surface area (Å²) in [5, 5.41) is 3.82. The van der Waals surface area contributed by atoms with Crippen molar-refractivity contribution in [3.8, 4) is 0 Å². The number of halogens is 2. The van der Waals surface area contributed by atoms with Gasteiger partial charge in [0.1, 0.15) is 0 Å². The van der Waals surface area contributed by atoms with Crippen LogP contribution in [0.5, 0.6) is 0 Å². The number of aromatic nitrogens is 2. The predicted octanol–water partition coefficient (Wildman–Crippen LogP) is 2.36. The Balaban J connectivity index is 3.02. The Bertz CT molecular complexity index is 371. The first-order valence-corrected chi connectivity index (χ1v) is 5.27. The van der Waals surface area contributed by atoms with Crippen LogP contribution in [0, 0.1) is 6.92 Å². The fraction of sp³-hybridized carbons (Fsp3) is 0.556. The maximum Gasteiger partial charge on any atom is 0.359 e. The van der Waals surface area contributed by atoms with E-state index in [9.17, 15) is 9.18 Å². The van der Waals surface area contributed by atoms with Crippen molar-refractivity contribution in [1.29, 1.82) is 0 Å². The van der Waals surface area contributed by atoms with E-state index in [4.69, 9.17) is 4.74 Å². The van der Waals surface area contributed by atoms with Crippen LogP contribution in [0.1, 0.15) is 29.9 Å². The molecule has 1 aromatic heterocycles. The molecule has 84 valence electrons. The van der Waals surface area contributed by atoms with Gasteiger partial charge in [0.2, 0.25) is 0 Å². The highest BCUT2D eigenvalue weighted by molar-refractivity contribution is 9.09. The first-order chi connectivity index (χ1) is 6.86. The minimum atomic E-state index is -1.80. The van der Waals surface area contributed by atoms with Gasteiger partial charge in [-0.1, -0.05) is 0 Å². The number of carbonyl (C=O) groups excluding carboxylic acids is 1. The number of alkyl halides is 2. The maximum atomic E-state index is 13.4. The minimum Gasteiger partial charge on any atom is -0.461 e. The van der Waals surface area contributed by atoms with Gasteiger partial charge in [-0.3, -0.25) is 0 Å². The molecule has 0 fully saturated rings. The second-order valence-electron chi connectivity index (χ2n) is 3.17. The number of esters is 1. The van der Waals surface area contributed by atoms with Crippen LogP contribution in [0.4, 0.5) is 4.39 Å². The van der Waals surface area contributed by atoms with E-state index in [0.29, 0.717) is 5.56 Å². The molecule has 1 rings (SSSR count). The second-order valence-corrected chi connectivity index (χ2v) is 4.62. The molecule has 0 radical (unpaired) electrons. The van der Waals surface area contributed by atoms with Crippen LogP contribution in [0.15, 0.2) is 6.20 Å². The highest BCUT2D eigenvalue weighted by Crippen LogP contribution is 2.25. The van der Waals surface area contributed by atoms with E-state index in [1.165, 1.54) is 13.1 Å². The highest BCUT2D eigenvalue weighted by Gasteiger charge is 2.25. The summed E-state index contributed by atoms with van der Waals surface area (Å²) in [6.07, 6.45) is 1.45. The molecule has 0 aliphatic rings. The van der Waals surface area contributed by atoms with Crippen LogP contribution in [-0.4, -0.2) is 22.4 Å². The summed E-state index contributed by atoms with van der Waals surface area (Å²) in [5.74, 6) is -0.537. The van der Waals surface area contributed by atoms with E-state index in [1.807, 2.05) is 0 Å². The quantitative estimate of drug-likeness (QED) is 0.630. The van der Waals surface area contributed by atoms with Crippen molar-refractivity contribution in [2.75, 3.05) is 6.61 Å². The summed E-state index contributed by atoms with van der Waals surface area (Å²) in [7, 11) is 0. The van der Waals surface area contributed by atoms with Crippen molar-refractivity contribution in [1.82, 2.24) is 9.78 Å². The molecule has 1 aromatic rings. The molecular formula is C9H12BrFN2O2. The van der Waals surface area contributed by atoms with E-state index >= 15 is 0 Å². The molecule has 4 nitrogen and oxygen atoms in total. The van der Waals surface area contributed by atoms with Crippen molar-refractivity contribution in [3.63, 3.8) is 0 Å². The molecule has 0 spiro atoms. The third-order valence-corrected chi connectivity index (χ3v) is 2.13.